The maximum atomic E-state index is 11.6. The number of nitrogens with zero attached hydrogens (tertiary/aromatic N) is 2. The summed E-state index contributed by atoms with van der Waals surface area (Å²) in [5, 5.41) is 2.93. The molecule has 4 nitrogen and oxygen atoms in total. The van der Waals surface area contributed by atoms with Gasteiger partial charge in [0.1, 0.15) is 5.65 Å². The summed E-state index contributed by atoms with van der Waals surface area (Å²) in [5.41, 5.74) is 4.69. The number of hydrogen-bond donors (Lipinski definition) is 1. The molecule has 1 amide bonds. The van der Waals surface area contributed by atoms with Crippen LogP contribution in [0.2, 0.25) is 0 Å². The number of pyridine rings is 1. The summed E-state index contributed by atoms with van der Waals surface area (Å²) in [6.07, 6.45) is 4.43. The summed E-state index contributed by atoms with van der Waals surface area (Å²) in [6, 6.07) is 11.9. The van der Waals surface area contributed by atoms with Gasteiger partial charge in [-0.25, -0.2) is 4.98 Å². The Morgan fingerprint density at radius 3 is 2.90 bits per heavy atom. The highest BCUT2D eigenvalue weighted by Crippen LogP contribution is 2.25. The highest BCUT2D eigenvalue weighted by Gasteiger charge is 2.08. The first kappa shape index (κ1) is 13.4. The lowest BCUT2D eigenvalue weighted by atomic mass is 10.1. The average molecular weight is 279 g/mol. The number of aryl methyl sites for hydroxylation is 1. The minimum absolute atomic E-state index is 0.0188. The van der Waals surface area contributed by atoms with Crippen LogP contribution in [0.15, 0.2) is 48.8 Å². The average Bonchev–Trinajstić information content (AvgIpc) is 2.93. The maximum absolute atomic E-state index is 11.6. The van der Waals surface area contributed by atoms with Gasteiger partial charge in [0.15, 0.2) is 0 Å². The summed E-state index contributed by atoms with van der Waals surface area (Å²) in [7, 11) is 0. The molecule has 0 aliphatic rings. The van der Waals surface area contributed by atoms with E-state index < -0.39 is 0 Å². The van der Waals surface area contributed by atoms with Gasteiger partial charge >= 0.3 is 0 Å². The molecule has 2 aromatic heterocycles. The summed E-state index contributed by atoms with van der Waals surface area (Å²) in [4.78, 5) is 16.2. The predicted molar refractivity (Wildman–Crippen MR) is 84.3 cm³/mol. The van der Waals surface area contributed by atoms with Crippen LogP contribution in [0.5, 0.6) is 0 Å². The molecule has 3 rings (SSSR count). The van der Waals surface area contributed by atoms with Crippen LogP contribution in [0.25, 0.3) is 16.9 Å². The van der Waals surface area contributed by atoms with Crippen LogP contribution >= 0.6 is 0 Å². The van der Waals surface area contributed by atoms with Crippen LogP contribution in [0.4, 0.5) is 5.69 Å². The first-order valence-electron chi connectivity index (χ1n) is 7.02. The Morgan fingerprint density at radius 1 is 1.29 bits per heavy atom. The molecule has 1 aromatic carbocycles. The van der Waals surface area contributed by atoms with Gasteiger partial charge in [-0.2, -0.15) is 0 Å². The summed E-state index contributed by atoms with van der Waals surface area (Å²) >= 11 is 0. The van der Waals surface area contributed by atoms with E-state index in [4.69, 9.17) is 0 Å². The number of imidazole rings is 1. The van der Waals surface area contributed by atoms with Crippen LogP contribution < -0.4 is 5.32 Å². The highest BCUT2D eigenvalue weighted by atomic mass is 16.1. The Hall–Kier alpha value is -2.62. The smallest absolute Gasteiger partial charge is 0.224 e. The number of fused-ring (bicyclic) bond motifs is 1. The number of benzene rings is 1. The van der Waals surface area contributed by atoms with Gasteiger partial charge in [0.2, 0.25) is 5.91 Å². The lowest BCUT2D eigenvalue weighted by Gasteiger charge is -2.09. The number of carbonyl (C=O) groups excluding carboxylic acids is 1. The number of nitrogens with one attached hydrogen (secondary N) is 1. The van der Waals surface area contributed by atoms with Gasteiger partial charge in [-0.15, -0.1) is 0 Å². The third-order valence-electron chi connectivity index (χ3n) is 3.49. The van der Waals surface area contributed by atoms with Crippen molar-refractivity contribution in [3.05, 3.63) is 54.4 Å². The fraction of sp³-hybridized carbons (Fsp3) is 0.176. The largest absolute Gasteiger partial charge is 0.326 e. The molecule has 1 N–H and O–H groups in total. The van der Waals surface area contributed by atoms with Crippen molar-refractivity contribution >= 4 is 17.2 Å². The first-order valence-corrected chi connectivity index (χ1v) is 7.02. The van der Waals surface area contributed by atoms with E-state index in [1.54, 1.807) is 0 Å². The molecular formula is C17H17N3O. The van der Waals surface area contributed by atoms with Gasteiger partial charge in [0, 0.05) is 30.1 Å². The molecule has 3 aromatic rings. The van der Waals surface area contributed by atoms with Crippen LogP contribution in [0, 0.1) is 6.92 Å². The molecule has 2 heterocycles. The Bertz CT molecular complexity index is 772. The molecule has 0 saturated heterocycles. The highest BCUT2D eigenvalue weighted by molar-refractivity contribution is 5.92. The molecule has 0 spiro atoms. The monoisotopic (exact) mass is 279 g/mol. The molecular weight excluding hydrogens is 262 g/mol. The predicted octanol–water partition coefficient (Wildman–Crippen LogP) is 3.66. The van der Waals surface area contributed by atoms with Crippen molar-refractivity contribution in [2.45, 2.75) is 20.3 Å². The Morgan fingerprint density at radius 2 is 2.14 bits per heavy atom. The zero-order valence-electron chi connectivity index (χ0n) is 12.1. The van der Waals surface area contributed by atoms with Gasteiger partial charge in [-0.05, 0) is 30.7 Å². The second-order valence-electron chi connectivity index (χ2n) is 5.02. The molecule has 4 heteroatoms. The van der Waals surface area contributed by atoms with Crippen molar-refractivity contribution in [2.75, 3.05) is 5.32 Å². The van der Waals surface area contributed by atoms with Crippen molar-refractivity contribution in [1.82, 2.24) is 9.38 Å². The van der Waals surface area contributed by atoms with E-state index in [9.17, 15) is 4.79 Å². The number of amides is 1. The van der Waals surface area contributed by atoms with Crippen molar-refractivity contribution in [1.29, 1.82) is 0 Å². The summed E-state index contributed by atoms with van der Waals surface area (Å²) in [5.74, 6) is 0.0188. The minimum atomic E-state index is 0.0188. The van der Waals surface area contributed by atoms with E-state index in [-0.39, 0.29) is 5.91 Å². The lowest BCUT2D eigenvalue weighted by molar-refractivity contribution is -0.115. The van der Waals surface area contributed by atoms with Crippen molar-refractivity contribution in [2.24, 2.45) is 0 Å². The van der Waals surface area contributed by atoms with Gasteiger partial charge < -0.3 is 9.72 Å². The van der Waals surface area contributed by atoms with Crippen LogP contribution in [0.3, 0.4) is 0 Å². The zero-order chi connectivity index (χ0) is 14.8. The maximum Gasteiger partial charge on any atom is 0.224 e. The third kappa shape index (κ3) is 2.65. The molecule has 0 radical (unpaired) electrons. The zero-order valence-corrected chi connectivity index (χ0v) is 12.1. The van der Waals surface area contributed by atoms with Crippen LogP contribution in [-0.2, 0) is 4.79 Å². The molecule has 0 aliphatic heterocycles. The van der Waals surface area contributed by atoms with Gasteiger partial charge in [0.05, 0.1) is 5.69 Å². The van der Waals surface area contributed by atoms with Gasteiger partial charge in [0.25, 0.3) is 0 Å². The number of anilines is 1. The number of hydrogen-bond acceptors (Lipinski definition) is 2. The topological polar surface area (TPSA) is 46.4 Å². The van der Waals surface area contributed by atoms with E-state index in [2.05, 4.69) is 10.3 Å². The normalized spacial score (nSPS) is 10.8. The SMILES string of the molecule is CCC(=O)Nc1cc(-c2cn3ccccc3n2)ccc1C. The van der Waals surface area contributed by atoms with Crippen molar-refractivity contribution < 1.29 is 4.79 Å². The van der Waals surface area contributed by atoms with E-state index in [1.807, 2.05) is 67.0 Å². The Kier molecular flexibility index (Phi) is 3.44. The Balaban J connectivity index is 2.02. The van der Waals surface area contributed by atoms with Crippen molar-refractivity contribution in [3.8, 4) is 11.3 Å². The standard InChI is InChI=1S/C17H17N3O/c1-3-17(21)19-14-10-13(8-7-12(14)2)15-11-20-9-5-4-6-16(20)18-15/h4-11H,3H2,1-2H3,(H,19,21). The lowest BCUT2D eigenvalue weighted by Crippen LogP contribution is -2.10. The van der Waals surface area contributed by atoms with Crippen LogP contribution in [-0.4, -0.2) is 15.3 Å². The van der Waals surface area contributed by atoms with Gasteiger partial charge in [-0.1, -0.05) is 25.1 Å². The molecule has 21 heavy (non-hydrogen) atoms. The minimum Gasteiger partial charge on any atom is -0.326 e. The summed E-state index contributed by atoms with van der Waals surface area (Å²) < 4.78 is 1.99. The molecule has 0 fully saturated rings. The van der Waals surface area contributed by atoms with Crippen LogP contribution in [0.1, 0.15) is 18.9 Å². The number of rotatable bonds is 3. The third-order valence-corrected chi connectivity index (χ3v) is 3.49. The molecule has 0 atom stereocenters. The molecule has 0 unspecified atom stereocenters. The molecule has 0 saturated carbocycles. The second kappa shape index (κ2) is 5.40. The molecule has 0 aliphatic carbocycles. The second-order valence-corrected chi connectivity index (χ2v) is 5.02. The fourth-order valence-electron chi connectivity index (χ4n) is 2.23. The number of carbonyl (C=O) groups is 1. The van der Waals surface area contributed by atoms with Gasteiger partial charge in [-0.3, -0.25) is 4.79 Å². The van der Waals surface area contributed by atoms with E-state index in [0.717, 1.165) is 28.2 Å². The fourth-order valence-corrected chi connectivity index (χ4v) is 2.23. The number of aromatic nitrogens is 2. The quantitative estimate of drug-likeness (QED) is 0.795. The van der Waals surface area contributed by atoms with Crippen molar-refractivity contribution in [3.63, 3.8) is 0 Å². The van der Waals surface area contributed by atoms with E-state index in [1.165, 1.54) is 0 Å². The van der Waals surface area contributed by atoms with E-state index in [0.29, 0.717) is 6.42 Å². The first-order chi connectivity index (χ1) is 10.2. The summed E-state index contributed by atoms with van der Waals surface area (Å²) in [6.45, 7) is 3.83. The Labute approximate surface area is 123 Å². The van der Waals surface area contributed by atoms with E-state index >= 15 is 0 Å². The molecule has 106 valence electrons. The molecule has 0 bridgehead atoms.